The van der Waals surface area contributed by atoms with Gasteiger partial charge in [-0.1, -0.05) is 0 Å². The van der Waals surface area contributed by atoms with E-state index in [4.69, 9.17) is 5.11 Å². The standard InChI is InChI=1S/C11H12N4O2S/c16-11(17)14-8-2-4-15(6-8)10-1-3-12-5-9(10)13-7-18/h1,3,5,8,14H,2,4,6H2,(H,16,17)/t8-/m0/s1. The van der Waals surface area contributed by atoms with E-state index in [9.17, 15) is 4.79 Å². The molecular weight excluding hydrogens is 252 g/mol. The summed E-state index contributed by atoms with van der Waals surface area (Å²) in [6, 6.07) is 1.79. The number of hydrogen-bond donors (Lipinski definition) is 2. The number of nitrogens with zero attached hydrogens (tertiary/aromatic N) is 3. The molecule has 1 amide bonds. The minimum atomic E-state index is -0.992. The number of nitrogens with one attached hydrogen (secondary N) is 1. The first kappa shape index (κ1) is 12.5. The van der Waals surface area contributed by atoms with Gasteiger partial charge in [0.05, 0.1) is 23.1 Å². The predicted molar refractivity (Wildman–Crippen MR) is 70.7 cm³/mol. The van der Waals surface area contributed by atoms with Gasteiger partial charge in [0.15, 0.2) is 0 Å². The molecule has 2 N–H and O–H groups in total. The molecule has 6 nitrogen and oxygen atoms in total. The highest BCUT2D eigenvalue weighted by molar-refractivity contribution is 7.78. The van der Waals surface area contributed by atoms with Crippen molar-refractivity contribution >= 4 is 34.8 Å². The van der Waals surface area contributed by atoms with Gasteiger partial charge in [0.25, 0.3) is 0 Å². The molecule has 1 saturated heterocycles. The van der Waals surface area contributed by atoms with Gasteiger partial charge in [0.2, 0.25) is 0 Å². The summed E-state index contributed by atoms with van der Waals surface area (Å²) in [4.78, 5) is 20.6. The number of anilines is 1. The Bertz CT molecular complexity index is 502. The first-order chi connectivity index (χ1) is 8.70. The van der Waals surface area contributed by atoms with Crippen LogP contribution in [0.1, 0.15) is 6.42 Å². The summed E-state index contributed by atoms with van der Waals surface area (Å²) < 4.78 is 0. The molecule has 18 heavy (non-hydrogen) atoms. The smallest absolute Gasteiger partial charge is 0.404 e. The molecule has 1 fully saturated rings. The third-order valence-electron chi connectivity index (χ3n) is 2.80. The van der Waals surface area contributed by atoms with Gasteiger partial charge in [-0.25, -0.2) is 4.79 Å². The van der Waals surface area contributed by atoms with Gasteiger partial charge in [-0.05, 0) is 24.7 Å². The number of carboxylic acid groups (broad SMARTS) is 1. The summed E-state index contributed by atoms with van der Waals surface area (Å²) in [6.07, 6.45) is 3.08. The zero-order chi connectivity index (χ0) is 13.0. The zero-order valence-corrected chi connectivity index (χ0v) is 10.4. The molecule has 2 rings (SSSR count). The number of aromatic nitrogens is 1. The number of carbonyl (C=O) groups is 1. The largest absolute Gasteiger partial charge is 0.465 e. The zero-order valence-electron chi connectivity index (χ0n) is 9.54. The molecule has 0 aromatic carbocycles. The Hall–Kier alpha value is -1.98. The Morgan fingerprint density at radius 3 is 3.28 bits per heavy atom. The van der Waals surface area contributed by atoms with Crippen molar-refractivity contribution in [3.8, 4) is 0 Å². The minimum Gasteiger partial charge on any atom is -0.465 e. The summed E-state index contributed by atoms with van der Waals surface area (Å²) in [5.74, 6) is 0. The first-order valence-corrected chi connectivity index (χ1v) is 5.88. The van der Waals surface area contributed by atoms with Gasteiger partial charge in [0, 0.05) is 19.3 Å². The number of isothiocyanates is 1. The fraction of sp³-hybridized carbons (Fsp3) is 0.364. The van der Waals surface area contributed by atoms with Crippen LogP contribution < -0.4 is 10.2 Å². The highest BCUT2D eigenvalue weighted by Gasteiger charge is 2.25. The van der Waals surface area contributed by atoms with Crippen LogP contribution >= 0.6 is 12.2 Å². The van der Waals surface area contributed by atoms with E-state index in [-0.39, 0.29) is 6.04 Å². The maximum atomic E-state index is 10.6. The molecule has 1 atom stereocenters. The van der Waals surface area contributed by atoms with Crippen molar-refractivity contribution in [2.45, 2.75) is 12.5 Å². The molecule has 2 heterocycles. The molecule has 0 aliphatic carbocycles. The Kier molecular flexibility index (Phi) is 3.86. The third-order valence-corrected chi connectivity index (χ3v) is 2.89. The fourth-order valence-electron chi connectivity index (χ4n) is 2.05. The van der Waals surface area contributed by atoms with Crippen molar-refractivity contribution in [1.82, 2.24) is 10.3 Å². The highest BCUT2D eigenvalue weighted by atomic mass is 32.1. The monoisotopic (exact) mass is 264 g/mol. The Labute approximate surface area is 109 Å². The van der Waals surface area contributed by atoms with Crippen LogP contribution in [0.5, 0.6) is 0 Å². The molecule has 0 unspecified atom stereocenters. The first-order valence-electron chi connectivity index (χ1n) is 5.47. The second-order valence-corrected chi connectivity index (χ2v) is 4.13. The Morgan fingerprint density at radius 2 is 2.56 bits per heavy atom. The lowest BCUT2D eigenvalue weighted by Crippen LogP contribution is -2.36. The molecular formula is C11H12N4O2S. The van der Waals surface area contributed by atoms with Gasteiger partial charge in [0.1, 0.15) is 5.69 Å². The van der Waals surface area contributed by atoms with E-state index in [2.05, 4.69) is 37.6 Å². The fourth-order valence-corrected chi connectivity index (χ4v) is 2.15. The van der Waals surface area contributed by atoms with E-state index in [1.807, 2.05) is 6.07 Å². The van der Waals surface area contributed by atoms with E-state index in [1.165, 1.54) is 0 Å². The van der Waals surface area contributed by atoms with E-state index >= 15 is 0 Å². The number of rotatable bonds is 3. The average Bonchev–Trinajstić information content (AvgIpc) is 2.77. The van der Waals surface area contributed by atoms with Crippen molar-refractivity contribution in [3.63, 3.8) is 0 Å². The van der Waals surface area contributed by atoms with Crippen molar-refractivity contribution in [1.29, 1.82) is 0 Å². The van der Waals surface area contributed by atoms with E-state index < -0.39 is 6.09 Å². The van der Waals surface area contributed by atoms with Crippen LogP contribution in [0.4, 0.5) is 16.2 Å². The van der Waals surface area contributed by atoms with Gasteiger partial charge in [-0.15, -0.1) is 0 Å². The number of aliphatic imine (C=N–C) groups is 1. The van der Waals surface area contributed by atoms with E-state index in [0.29, 0.717) is 12.2 Å². The van der Waals surface area contributed by atoms with Crippen LogP contribution in [0.15, 0.2) is 23.5 Å². The van der Waals surface area contributed by atoms with Gasteiger partial charge in [-0.3, -0.25) is 4.98 Å². The minimum absolute atomic E-state index is 0.0556. The molecule has 94 valence electrons. The lowest BCUT2D eigenvalue weighted by molar-refractivity contribution is 0.191. The second kappa shape index (κ2) is 5.57. The van der Waals surface area contributed by atoms with Crippen molar-refractivity contribution in [2.24, 2.45) is 4.99 Å². The molecule has 0 saturated carbocycles. The van der Waals surface area contributed by atoms with Crippen LogP contribution in [-0.2, 0) is 0 Å². The molecule has 0 radical (unpaired) electrons. The average molecular weight is 264 g/mol. The van der Waals surface area contributed by atoms with Crippen molar-refractivity contribution < 1.29 is 9.90 Å². The molecule has 1 aromatic heterocycles. The maximum absolute atomic E-state index is 10.6. The normalized spacial score (nSPS) is 18.2. The number of amides is 1. The summed E-state index contributed by atoms with van der Waals surface area (Å²) in [5, 5.41) is 13.5. The third kappa shape index (κ3) is 2.82. The van der Waals surface area contributed by atoms with Gasteiger partial charge in [-0.2, -0.15) is 4.99 Å². The molecule has 7 heteroatoms. The molecule has 1 aliphatic heterocycles. The van der Waals surface area contributed by atoms with Crippen molar-refractivity contribution in [3.05, 3.63) is 18.5 Å². The summed E-state index contributed by atoms with van der Waals surface area (Å²) >= 11 is 4.60. The second-order valence-electron chi connectivity index (χ2n) is 3.95. The quantitative estimate of drug-likeness (QED) is 0.641. The number of thiocarbonyl (C=S) groups is 1. The Morgan fingerprint density at radius 1 is 1.72 bits per heavy atom. The van der Waals surface area contributed by atoms with Crippen LogP contribution in [0.3, 0.4) is 0 Å². The molecule has 0 bridgehead atoms. The van der Waals surface area contributed by atoms with Crippen LogP contribution in [0.2, 0.25) is 0 Å². The summed E-state index contributed by atoms with van der Waals surface area (Å²) in [6.45, 7) is 1.39. The lowest BCUT2D eigenvalue weighted by Gasteiger charge is -2.19. The molecule has 1 aliphatic rings. The SMILES string of the molecule is O=C(O)N[C@H]1CCN(c2ccncc2N=C=S)C1. The number of pyridine rings is 1. The van der Waals surface area contributed by atoms with Crippen LogP contribution in [0, 0.1) is 0 Å². The highest BCUT2D eigenvalue weighted by Crippen LogP contribution is 2.29. The van der Waals surface area contributed by atoms with Gasteiger partial charge < -0.3 is 15.3 Å². The van der Waals surface area contributed by atoms with Gasteiger partial charge >= 0.3 is 6.09 Å². The van der Waals surface area contributed by atoms with Crippen LogP contribution in [-0.4, -0.2) is 40.5 Å². The molecule has 0 spiro atoms. The van der Waals surface area contributed by atoms with Crippen LogP contribution in [0.25, 0.3) is 0 Å². The summed E-state index contributed by atoms with van der Waals surface area (Å²) in [5.41, 5.74) is 1.56. The molecule has 1 aromatic rings. The summed E-state index contributed by atoms with van der Waals surface area (Å²) in [7, 11) is 0. The maximum Gasteiger partial charge on any atom is 0.404 e. The predicted octanol–water partition coefficient (Wildman–Crippen LogP) is 1.66. The Balaban J connectivity index is 2.14. The topological polar surface area (TPSA) is 77.8 Å². The lowest BCUT2D eigenvalue weighted by atomic mass is 10.3. The number of hydrogen-bond acceptors (Lipinski definition) is 5. The van der Waals surface area contributed by atoms with Crippen molar-refractivity contribution in [2.75, 3.05) is 18.0 Å². The van der Waals surface area contributed by atoms with E-state index in [1.54, 1.807) is 12.4 Å². The van der Waals surface area contributed by atoms with E-state index in [0.717, 1.165) is 18.7 Å².